The van der Waals surface area contributed by atoms with Crippen LogP contribution in [-0.2, 0) is 6.42 Å². The number of unbranched alkanes of at least 4 members (excludes halogenated alkanes) is 3. The van der Waals surface area contributed by atoms with E-state index in [1.807, 2.05) is 12.1 Å². The standard InChI is InChI=1S/C18H22N/c1(5-11-17-12-6-3-7-13-17)2-10-16-19-18-14-8-4-9-15-18/h3,6-9,12-15,19H,1-2,5,10-11,16H2. The van der Waals surface area contributed by atoms with Gasteiger partial charge in [0.2, 0.25) is 0 Å². The number of aryl methyl sites for hydroxylation is 1. The SMILES string of the molecule is [c]1ccc(NCCCCCCc2ccccc2)cc1. The van der Waals surface area contributed by atoms with Gasteiger partial charge in [-0.15, -0.1) is 0 Å². The average Bonchev–Trinajstić information content (AvgIpc) is 2.48. The second-order valence-electron chi connectivity index (χ2n) is 4.87. The molecule has 0 aliphatic heterocycles. The first kappa shape index (κ1) is 13.7. The molecule has 19 heavy (non-hydrogen) atoms. The van der Waals surface area contributed by atoms with E-state index in [-0.39, 0.29) is 0 Å². The Balaban J connectivity index is 1.49. The maximum Gasteiger partial charge on any atom is 0.0340 e. The summed E-state index contributed by atoms with van der Waals surface area (Å²) >= 11 is 0. The molecule has 0 aliphatic rings. The zero-order valence-corrected chi connectivity index (χ0v) is 11.4. The lowest BCUT2D eigenvalue weighted by Gasteiger charge is -2.06. The molecule has 0 spiro atoms. The van der Waals surface area contributed by atoms with E-state index in [1.54, 1.807) is 0 Å². The second kappa shape index (κ2) is 8.36. The molecule has 0 aliphatic carbocycles. The van der Waals surface area contributed by atoms with Gasteiger partial charge in [0.1, 0.15) is 0 Å². The number of nitrogens with one attached hydrogen (secondary N) is 1. The second-order valence-corrected chi connectivity index (χ2v) is 4.87. The van der Waals surface area contributed by atoms with Crippen LogP contribution in [0.5, 0.6) is 0 Å². The molecule has 1 N–H and O–H groups in total. The highest BCUT2D eigenvalue weighted by atomic mass is 14.9. The van der Waals surface area contributed by atoms with Crippen LogP contribution in [0.3, 0.4) is 0 Å². The molecule has 0 saturated heterocycles. The van der Waals surface area contributed by atoms with Gasteiger partial charge in [0.25, 0.3) is 0 Å². The number of hydrogen-bond acceptors (Lipinski definition) is 1. The largest absolute Gasteiger partial charge is 0.385 e. The molecule has 99 valence electrons. The van der Waals surface area contributed by atoms with Gasteiger partial charge < -0.3 is 5.32 Å². The molecular weight excluding hydrogens is 230 g/mol. The van der Waals surface area contributed by atoms with Gasteiger partial charge in [-0.1, -0.05) is 55.3 Å². The van der Waals surface area contributed by atoms with Gasteiger partial charge >= 0.3 is 0 Å². The van der Waals surface area contributed by atoms with Crippen molar-refractivity contribution in [1.82, 2.24) is 0 Å². The smallest absolute Gasteiger partial charge is 0.0340 e. The van der Waals surface area contributed by atoms with Gasteiger partial charge in [0, 0.05) is 12.2 Å². The van der Waals surface area contributed by atoms with Crippen molar-refractivity contribution in [3.63, 3.8) is 0 Å². The van der Waals surface area contributed by atoms with Crippen molar-refractivity contribution in [3.8, 4) is 0 Å². The van der Waals surface area contributed by atoms with E-state index in [1.165, 1.54) is 43.4 Å². The Morgan fingerprint density at radius 2 is 1.53 bits per heavy atom. The summed E-state index contributed by atoms with van der Waals surface area (Å²) in [6.45, 7) is 1.06. The molecule has 0 fully saturated rings. The van der Waals surface area contributed by atoms with Gasteiger partial charge in [-0.25, -0.2) is 0 Å². The summed E-state index contributed by atoms with van der Waals surface area (Å²) in [6.07, 6.45) is 6.37. The number of hydrogen-bond donors (Lipinski definition) is 1. The van der Waals surface area contributed by atoms with E-state index in [0.29, 0.717) is 0 Å². The Kier molecular flexibility index (Phi) is 6.01. The minimum atomic E-state index is 1.06. The highest BCUT2D eigenvalue weighted by Crippen LogP contribution is 2.09. The molecule has 1 nitrogen and oxygen atoms in total. The minimum absolute atomic E-state index is 1.06. The fourth-order valence-electron chi connectivity index (χ4n) is 2.19. The van der Waals surface area contributed by atoms with Crippen LogP contribution in [0.25, 0.3) is 0 Å². The van der Waals surface area contributed by atoms with E-state index in [4.69, 9.17) is 0 Å². The van der Waals surface area contributed by atoms with Crippen molar-refractivity contribution in [1.29, 1.82) is 0 Å². The van der Waals surface area contributed by atoms with Gasteiger partial charge in [-0.3, -0.25) is 0 Å². The van der Waals surface area contributed by atoms with Gasteiger partial charge in [-0.2, -0.15) is 0 Å². The Labute approximate surface area is 116 Å². The van der Waals surface area contributed by atoms with Crippen molar-refractivity contribution in [3.05, 3.63) is 66.2 Å². The molecule has 0 unspecified atom stereocenters. The first-order valence-corrected chi connectivity index (χ1v) is 7.19. The van der Waals surface area contributed by atoms with Crippen LogP contribution in [0.1, 0.15) is 31.2 Å². The third kappa shape index (κ3) is 5.60. The highest BCUT2D eigenvalue weighted by Gasteiger charge is 1.94. The maximum atomic E-state index is 3.43. The topological polar surface area (TPSA) is 12.0 Å². The normalized spacial score (nSPS) is 10.3. The molecule has 0 heterocycles. The van der Waals surface area contributed by atoms with E-state index < -0.39 is 0 Å². The van der Waals surface area contributed by atoms with Gasteiger partial charge in [0.15, 0.2) is 0 Å². The quantitative estimate of drug-likeness (QED) is 0.671. The average molecular weight is 252 g/mol. The minimum Gasteiger partial charge on any atom is -0.385 e. The van der Waals surface area contributed by atoms with Crippen molar-refractivity contribution in [2.24, 2.45) is 0 Å². The molecule has 2 aromatic carbocycles. The van der Waals surface area contributed by atoms with Crippen LogP contribution < -0.4 is 5.32 Å². The lowest BCUT2D eigenvalue weighted by atomic mass is 10.1. The summed E-state index contributed by atoms with van der Waals surface area (Å²) in [4.78, 5) is 0. The predicted octanol–water partition coefficient (Wildman–Crippen LogP) is 4.70. The summed E-state index contributed by atoms with van der Waals surface area (Å²) in [5, 5.41) is 3.43. The number of anilines is 1. The molecule has 2 rings (SSSR count). The van der Waals surface area contributed by atoms with Crippen molar-refractivity contribution >= 4 is 5.69 Å². The first-order chi connectivity index (χ1) is 9.45. The van der Waals surface area contributed by atoms with Crippen LogP contribution in [0.4, 0.5) is 5.69 Å². The molecule has 1 radical (unpaired) electrons. The van der Waals surface area contributed by atoms with Crippen LogP contribution >= 0.6 is 0 Å². The van der Waals surface area contributed by atoms with E-state index in [0.717, 1.165) is 6.54 Å². The van der Waals surface area contributed by atoms with Crippen LogP contribution in [0, 0.1) is 6.07 Å². The van der Waals surface area contributed by atoms with Gasteiger partial charge in [0.05, 0.1) is 0 Å². The maximum absolute atomic E-state index is 3.43. The Morgan fingerprint density at radius 3 is 2.32 bits per heavy atom. The van der Waals surface area contributed by atoms with Crippen molar-refractivity contribution in [2.45, 2.75) is 32.1 Å². The Morgan fingerprint density at radius 1 is 0.789 bits per heavy atom. The molecule has 2 aromatic rings. The van der Waals surface area contributed by atoms with E-state index >= 15 is 0 Å². The van der Waals surface area contributed by atoms with Crippen LogP contribution in [0.2, 0.25) is 0 Å². The molecule has 0 saturated carbocycles. The predicted molar refractivity (Wildman–Crippen MR) is 82.4 cm³/mol. The summed E-state index contributed by atoms with van der Waals surface area (Å²) in [6, 6.07) is 21.8. The molecule has 0 bridgehead atoms. The van der Waals surface area contributed by atoms with Crippen LogP contribution in [0.15, 0.2) is 54.6 Å². The molecule has 0 amide bonds. The summed E-state index contributed by atoms with van der Waals surface area (Å²) in [5.41, 5.74) is 2.66. The first-order valence-electron chi connectivity index (χ1n) is 7.19. The van der Waals surface area contributed by atoms with Gasteiger partial charge in [-0.05, 0) is 43.0 Å². The zero-order chi connectivity index (χ0) is 13.2. The monoisotopic (exact) mass is 252 g/mol. The fraction of sp³-hybridized carbons (Fsp3) is 0.333. The number of rotatable bonds is 8. The summed E-state index contributed by atoms with van der Waals surface area (Å²) < 4.78 is 0. The molecule has 0 aromatic heterocycles. The Bertz CT molecular complexity index is 392. The lowest BCUT2D eigenvalue weighted by Crippen LogP contribution is -2.00. The molecular formula is C18H22N. The molecule has 1 heteroatoms. The summed E-state index contributed by atoms with van der Waals surface area (Å²) in [5.74, 6) is 0. The third-order valence-electron chi connectivity index (χ3n) is 3.28. The van der Waals surface area contributed by atoms with Crippen LogP contribution in [-0.4, -0.2) is 6.54 Å². The van der Waals surface area contributed by atoms with E-state index in [9.17, 15) is 0 Å². The lowest BCUT2D eigenvalue weighted by molar-refractivity contribution is 0.654. The zero-order valence-electron chi connectivity index (χ0n) is 11.4. The van der Waals surface area contributed by atoms with Crippen molar-refractivity contribution < 1.29 is 0 Å². The third-order valence-corrected chi connectivity index (χ3v) is 3.28. The molecule has 0 atom stereocenters. The summed E-state index contributed by atoms with van der Waals surface area (Å²) in [7, 11) is 0. The fourth-order valence-corrected chi connectivity index (χ4v) is 2.19. The Hall–Kier alpha value is -1.76. The highest BCUT2D eigenvalue weighted by molar-refractivity contribution is 5.41. The van der Waals surface area contributed by atoms with Crippen molar-refractivity contribution in [2.75, 3.05) is 11.9 Å². The van der Waals surface area contributed by atoms with E-state index in [2.05, 4.69) is 53.8 Å². The number of benzene rings is 2.